The molecular weight excluding hydrogens is 250 g/mol. The molecule has 0 spiro atoms. The number of nitrogens with one attached hydrogen (secondary N) is 1. The fourth-order valence-electron chi connectivity index (χ4n) is 2.25. The second-order valence-electron chi connectivity index (χ2n) is 4.55. The van der Waals surface area contributed by atoms with Gasteiger partial charge in [0.2, 0.25) is 0 Å². The molecule has 0 bridgehead atoms. The number of fused-ring (bicyclic) bond motifs is 1. The molecule has 0 aromatic carbocycles. The van der Waals surface area contributed by atoms with E-state index in [4.69, 9.17) is 5.73 Å². The molecule has 1 fully saturated rings. The highest BCUT2D eigenvalue weighted by Crippen LogP contribution is 2.28. The number of H-pyrrole nitrogens is 1. The first-order chi connectivity index (χ1) is 8.78. The molecule has 6 nitrogen and oxygen atoms in total. The average molecular weight is 265 g/mol. The van der Waals surface area contributed by atoms with Crippen LogP contribution in [0.2, 0.25) is 0 Å². The van der Waals surface area contributed by atoms with Crippen LogP contribution in [-0.2, 0) is 0 Å². The summed E-state index contributed by atoms with van der Waals surface area (Å²) in [5.41, 5.74) is 6.11. The summed E-state index contributed by atoms with van der Waals surface area (Å²) in [6, 6.07) is 0. The van der Waals surface area contributed by atoms with Crippen LogP contribution in [-0.4, -0.2) is 34.6 Å². The number of anilines is 1. The molecular formula is C11H15N5OS. The van der Waals surface area contributed by atoms with Gasteiger partial charge in [-0.15, -0.1) is 0 Å². The first-order valence-corrected chi connectivity index (χ1v) is 6.89. The lowest BCUT2D eigenvalue weighted by atomic mass is 9.98. The van der Waals surface area contributed by atoms with Crippen molar-refractivity contribution in [1.82, 2.24) is 15.0 Å². The van der Waals surface area contributed by atoms with Crippen molar-refractivity contribution in [2.75, 3.05) is 24.5 Å². The van der Waals surface area contributed by atoms with Crippen LogP contribution in [0.4, 0.5) is 5.13 Å². The molecule has 2 aromatic rings. The van der Waals surface area contributed by atoms with Gasteiger partial charge in [0.1, 0.15) is 4.70 Å². The summed E-state index contributed by atoms with van der Waals surface area (Å²) in [4.78, 5) is 24.9. The predicted octanol–water partition coefficient (Wildman–Crippen LogP) is 0.555. The lowest BCUT2D eigenvalue weighted by Gasteiger charge is -2.30. The van der Waals surface area contributed by atoms with Gasteiger partial charge < -0.3 is 15.6 Å². The number of rotatable bonds is 2. The van der Waals surface area contributed by atoms with Gasteiger partial charge in [0.15, 0.2) is 10.8 Å². The summed E-state index contributed by atoms with van der Waals surface area (Å²) in [5.74, 6) is 0.622. The Balaban J connectivity index is 1.87. The molecule has 7 heteroatoms. The highest BCUT2D eigenvalue weighted by Gasteiger charge is 2.21. The van der Waals surface area contributed by atoms with Crippen molar-refractivity contribution in [3.8, 4) is 0 Å². The van der Waals surface area contributed by atoms with E-state index < -0.39 is 0 Å². The van der Waals surface area contributed by atoms with Crippen molar-refractivity contribution in [2.45, 2.75) is 12.8 Å². The van der Waals surface area contributed by atoms with E-state index in [0.29, 0.717) is 16.3 Å². The highest BCUT2D eigenvalue weighted by atomic mass is 32.1. The van der Waals surface area contributed by atoms with Gasteiger partial charge in [-0.2, -0.15) is 4.98 Å². The second-order valence-corrected chi connectivity index (χ2v) is 5.52. The number of nitrogens with zero attached hydrogens (tertiary/aromatic N) is 3. The first-order valence-electron chi connectivity index (χ1n) is 6.07. The third kappa shape index (κ3) is 1.99. The Morgan fingerprint density at radius 1 is 1.50 bits per heavy atom. The Morgan fingerprint density at radius 3 is 2.94 bits per heavy atom. The molecule has 3 N–H and O–H groups in total. The predicted molar refractivity (Wildman–Crippen MR) is 72.0 cm³/mol. The fraction of sp³-hybridized carbons (Fsp3) is 0.545. The zero-order chi connectivity index (χ0) is 12.5. The number of thiazole rings is 1. The van der Waals surface area contributed by atoms with Gasteiger partial charge in [0, 0.05) is 13.1 Å². The summed E-state index contributed by atoms with van der Waals surface area (Å²) in [6.45, 7) is 2.67. The van der Waals surface area contributed by atoms with Gasteiger partial charge in [-0.05, 0) is 25.3 Å². The zero-order valence-electron chi connectivity index (χ0n) is 9.93. The molecule has 0 saturated carbocycles. The van der Waals surface area contributed by atoms with Gasteiger partial charge in [0.25, 0.3) is 5.56 Å². The molecule has 1 aliphatic heterocycles. The van der Waals surface area contributed by atoms with Crippen LogP contribution in [0.1, 0.15) is 12.8 Å². The van der Waals surface area contributed by atoms with Crippen molar-refractivity contribution in [3.05, 3.63) is 16.7 Å². The minimum atomic E-state index is -0.111. The minimum absolute atomic E-state index is 0.111. The fourth-order valence-corrected chi connectivity index (χ4v) is 3.22. The van der Waals surface area contributed by atoms with E-state index in [1.54, 1.807) is 0 Å². The number of piperidine rings is 1. The molecule has 1 saturated heterocycles. The van der Waals surface area contributed by atoms with Gasteiger partial charge in [-0.3, -0.25) is 4.79 Å². The van der Waals surface area contributed by atoms with E-state index in [1.165, 1.54) is 17.7 Å². The molecule has 2 aromatic heterocycles. The van der Waals surface area contributed by atoms with Crippen LogP contribution in [0.3, 0.4) is 0 Å². The van der Waals surface area contributed by atoms with E-state index in [0.717, 1.165) is 37.6 Å². The number of aromatic nitrogens is 3. The smallest absolute Gasteiger partial charge is 0.270 e. The number of hydrogen-bond donors (Lipinski definition) is 2. The standard InChI is InChI=1S/C11H15N5OS/c12-5-7-1-3-16(4-2-7)11-15-9-8(18-11)10(17)14-6-13-9/h6-7H,1-5,12H2,(H,13,14,17). The van der Waals surface area contributed by atoms with Gasteiger partial charge in [0.05, 0.1) is 6.33 Å². The Morgan fingerprint density at radius 2 is 2.28 bits per heavy atom. The molecule has 3 heterocycles. The van der Waals surface area contributed by atoms with Crippen LogP contribution in [0.25, 0.3) is 10.3 Å². The van der Waals surface area contributed by atoms with Gasteiger partial charge in [-0.1, -0.05) is 11.3 Å². The van der Waals surface area contributed by atoms with Crippen molar-refractivity contribution in [2.24, 2.45) is 11.7 Å². The van der Waals surface area contributed by atoms with E-state index >= 15 is 0 Å². The van der Waals surface area contributed by atoms with Crippen LogP contribution in [0.5, 0.6) is 0 Å². The third-order valence-electron chi connectivity index (χ3n) is 3.41. The summed E-state index contributed by atoms with van der Waals surface area (Å²) >= 11 is 1.42. The van der Waals surface area contributed by atoms with Crippen molar-refractivity contribution in [1.29, 1.82) is 0 Å². The maximum absolute atomic E-state index is 11.6. The summed E-state index contributed by atoms with van der Waals surface area (Å²) in [5, 5.41) is 0.893. The monoisotopic (exact) mass is 265 g/mol. The molecule has 0 aliphatic carbocycles. The number of nitrogens with two attached hydrogens (primary N) is 1. The Kier molecular flexibility index (Phi) is 3.00. The maximum atomic E-state index is 11.6. The molecule has 18 heavy (non-hydrogen) atoms. The molecule has 0 radical (unpaired) electrons. The average Bonchev–Trinajstić information content (AvgIpc) is 2.84. The number of aromatic amines is 1. The van der Waals surface area contributed by atoms with Crippen molar-refractivity contribution >= 4 is 26.8 Å². The van der Waals surface area contributed by atoms with E-state index in [-0.39, 0.29) is 5.56 Å². The topological polar surface area (TPSA) is 87.9 Å². The highest BCUT2D eigenvalue weighted by molar-refractivity contribution is 7.22. The summed E-state index contributed by atoms with van der Waals surface area (Å²) in [7, 11) is 0. The van der Waals surface area contributed by atoms with Gasteiger partial charge >= 0.3 is 0 Å². The molecule has 1 aliphatic rings. The van der Waals surface area contributed by atoms with Crippen LogP contribution in [0.15, 0.2) is 11.1 Å². The van der Waals surface area contributed by atoms with Crippen LogP contribution in [0, 0.1) is 5.92 Å². The normalized spacial score (nSPS) is 17.5. The lowest BCUT2D eigenvalue weighted by molar-refractivity contribution is 0.414. The maximum Gasteiger partial charge on any atom is 0.270 e. The minimum Gasteiger partial charge on any atom is -0.348 e. The molecule has 0 atom stereocenters. The SMILES string of the molecule is NCC1CCN(c2nc3nc[nH]c(=O)c3s2)CC1. The van der Waals surface area contributed by atoms with Crippen molar-refractivity contribution in [3.63, 3.8) is 0 Å². The van der Waals surface area contributed by atoms with E-state index in [9.17, 15) is 4.79 Å². The van der Waals surface area contributed by atoms with Crippen molar-refractivity contribution < 1.29 is 0 Å². The lowest BCUT2D eigenvalue weighted by Crippen LogP contribution is -2.35. The Hall–Kier alpha value is -1.47. The first kappa shape index (κ1) is 11.6. The Labute approximate surface area is 108 Å². The van der Waals surface area contributed by atoms with Crippen LogP contribution < -0.4 is 16.2 Å². The van der Waals surface area contributed by atoms with Gasteiger partial charge in [-0.25, -0.2) is 4.98 Å². The molecule has 0 amide bonds. The summed E-state index contributed by atoms with van der Waals surface area (Å²) in [6.07, 6.45) is 3.58. The van der Waals surface area contributed by atoms with E-state index in [1.807, 2.05) is 0 Å². The summed E-state index contributed by atoms with van der Waals surface area (Å²) < 4.78 is 0.605. The zero-order valence-corrected chi connectivity index (χ0v) is 10.7. The second kappa shape index (κ2) is 4.66. The molecule has 0 unspecified atom stereocenters. The Bertz CT molecular complexity index is 599. The molecule has 96 valence electrons. The van der Waals surface area contributed by atoms with Crippen LogP contribution >= 0.6 is 11.3 Å². The third-order valence-corrected chi connectivity index (χ3v) is 4.51. The van der Waals surface area contributed by atoms with E-state index in [2.05, 4.69) is 19.9 Å². The number of hydrogen-bond acceptors (Lipinski definition) is 6. The largest absolute Gasteiger partial charge is 0.348 e. The quantitative estimate of drug-likeness (QED) is 0.828. The molecule has 3 rings (SSSR count).